The first-order valence-corrected chi connectivity index (χ1v) is 6.10. The molecule has 1 aromatic carbocycles. The van der Waals surface area contributed by atoms with Crippen LogP contribution in [0.1, 0.15) is 18.1 Å². The number of nitrogens with one attached hydrogen (secondary N) is 1. The number of ether oxygens (including phenoxy) is 1. The first-order valence-electron chi connectivity index (χ1n) is 6.10. The number of carbonyl (C=O) groups is 2. The lowest BCUT2D eigenvalue weighted by Crippen LogP contribution is -2.41. The molecular formula is C14H16N2O3. The van der Waals surface area contributed by atoms with Crippen LogP contribution in [0, 0.1) is 0 Å². The zero-order valence-corrected chi connectivity index (χ0v) is 10.7. The van der Waals surface area contributed by atoms with E-state index in [0.717, 1.165) is 23.3 Å². The molecule has 5 heteroatoms. The lowest BCUT2D eigenvalue weighted by Gasteiger charge is -2.07. The number of amides is 2. The molecule has 5 nitrogen and oxygen atoms in total. The average molecular weight is 260 g/mol. The Bertz CT molecular complexity index is 537. The molecule has 1 aromatic rings. The van der Waals surface area contributed by atoms with Crippen molar-refractivity contribution in [3.05, 3.63) is 35.4 Å². The Morgan fingerprint density at radius 2 is 2.26 bits per heavy atom. The second kappa shape index (κ2) is 5.56. The van der Waals surface area contributed by atoms with Crippen molar-refractivity contribution < 1.29 is 14.3 Å². The van der Waals surface area contributed by atoms with Gasteiger partial charge < -0.3 is 15.8 Å². The SMILES string of the molecule is CC(NC(=O)/C=C/c1ccc2c(c1)CCO2)C(N)=O. The highest BCUT2D eigenvalue weighted by molar-refractivity contribution is 5.95. The second-order valence-corrected chi connectivity index (χ2v) is 4.43. The third-order valence-corrected chi connectivity index (χ3v) is 2.93. The van der Waals surface area contributed by atoms with Gasteiger partial charge in [-0.3, -0.25) is 9.59 Å². The molecule has 2 amide bonds. The number of hydrogen-bond acceptors (Lipinski definition) is 3. The van der Waals surface area contributed by atoms with Crippen LogP contribution in [0.4, 0.5) is 0 Å². The molecule has 19 heavy (non-hydrogen) atoms. The molecule has 0 saturated heterocycles. The van der Waals surface area contributed by atoms with Gasteiger partial charge in [-0.2, -0.15) is 0 Å². The predicted octanol–water partition coefficient (Wildman–Crippen LogP) is 0.625. The maximum atomic E-state index is 11.5. The highest BCUT2D eigenvalue weighted by Gasteiger charge is 2.12. The molecule has 0 fully saturated rings. The molecule has 100 valence electrons. The van der Waals surface area contributed by atoms with Crippen LogP contribution in [-0.2, 0) is 16.0 Å². The number of carbonyl (C=O) groups excluding carboxylic acids is 2. The molecule has 1 aliphatic rings. The third kappa shape index (κ3) is 3.34. The Morgan fingerprint density at radius 1 is 1.47 bits per heavy atom. The van der Waals surface area contributed by atoms with E-state index < -0.39 is 11.9 Å². The lowest BCUT2D eigenvalue weighted by atomic mass is 10.1. The predicted molar refractivity (Wildman–Crippen MR) is 71.5 cm³/mol. The van der Waals surface area contributed by atoms with Gasteiger partial charge in [0, 0.05) is 12.5 Å². The Kier molecular flexibility index (Phi) is 3.85. The van der Waals surface area contributed by atoms with Crippen molar-refractivity contribution >= 4 is 17.9 Å². The summed E-state index contributed by atoms with van der Waals surface area (Å²) in [6.45, 7) is 2.25. The Balaban J connectivity index is 1.98. The van der Waals surface area contributed by atoms with Gasteiger partial charge in [-0.1, -0.05) is 6.07 Å². The highest BCUT2D eigenvalue weighted by atomic mass is 16.5. The second-order valence-electron chi connectivity index (χ2n) is 4.43. The van der Waals surface area contributed by atoms with Crippen molar-refractivity contribution in [1.82, 2.24) is 5.32 Å². The fraction of sp³-hybridized carbons (Fsp3) is 0.286. The van der Waals surface area contributed by atoms with Gasteiger partial charge in [0.25, 0.3) is 0 Å². The average Bonchev–Trinajstić information content (AvgIpc) is 2.83. The summed E-state index contributed by atoms with van der Waals surface area (Å²) in [5, 5.41) is 2.48. The summed E-state index contributed by atoms with van der Waals surface area (Å²) >= 11 is 0. The highest BCUT2D eigenvalue weighted by Crippen LogP contribution is 2.26. The number of fused-ring (bicyclic) bond motifs is 1. The Hall–Kier alpha value is -2.30. The largest absolute Gasteiger partial charge is 0.493 e. The van der Waals surface area contributed by atoms with Crippen LogP contribution in [0.15, 0.2) is 24.3 Å². The van der Waals surface area contributed by atoms with Gasteiger partial charge in [0.05, 0.1) is 6.61 Å². The van der Waals surface area contributed by atoms with Gasteiger partial charge in [-0.25, -0.2) is 0 Å². The molecule has 2 rings (SSSR count). The zero-order chi connectivity index (χ0) is 13.8. The molecule has 0 radical (unpaired) electrons. The zero-order valence-electron chi connectivity index (χ0n) is 10.7. The van der Waals surface area contributed by atoms with Gasteiger partial charge in [-0.05, 0) is 36.3 Å². The summed E-state index contributed by atoms with van der Waals surface area (Å²) in [6.07, 6.45) is 3.97. The van der Waals surface area contributed by atoms with E-state index in [0.29, 0.717) is 6.61 Å². The van der Waals surface area contributed by atoms with E-state index in [1.807, 2.05) is 18.2 Å². The van der Waals surface area contributed by atoms with E-state index in [1.165, 1.54) is 6.08 Å². The monoisotopic (exact) mass is 260 g/mol. The molecule has 0 aromatic heterocycles. The number of hydrogen-bond donors (Lipinski definition) is 2. The van der Waals surface area contributed by atoms with Crippen LogP contribution in [0.3, 0.4) is 0 Å². The summed E-state index contributed by atoms with van der Waals surface area (Å²) < 4.78 is 5.40. The fourth-order valence-corrected chi connectivity index (χ4v) is 1.81. The van der Waals surface area contributed by atoms with Crippen LogP contribution >= 0.6 is 0 Å². The van der Waals surface area contributed by atoms with E-state index in [9.17, 15) is 9.59 Å². The first-order chi connectivity index (χ1) is 9.06. The Labute approximate surface area is 111 Å². The number of benzene rings is 1. The third-order valence-electron chi connectivity index (χ3n) is 2.93. The minimum atomic E-state index is -0.675. The minimum Gasteiger partial charge on any atom is -0.493 e. The van der Waals surface area contributed by atoms with Gasteiger partial charge in [-0.15, -0.1) is 0 Å². The summed E-state index contributed by atoms with van der Waals surface area (Å²) in [4.78, 5) is 22.3. The van der Waals surface area contributed by atoms with E-state index in [2.05, 4.69) is 5.32 Å². The molecule has 1 aliphatic heterocycles. The molecule has 0 bridgehead atoms. The fourth-order valence-electron chi connectivity index (χ4n) is 1.81. The van der Waals surface area contributed by atoms with Gasteiger partial charge in [0.2, 0.25) is 11.8 Å². The molecule has 0 spiro atoms. The summed E-state index contributed by atoms with van der Waals surface area (Å²) in [5.41, 5.74) is 7.13. The maximum absolute atomic E-state index is 11.5. The van der Waals surface area contributed by atoms with Crippen LogP contribution < -0.4 is 15.8 Å². The van der Waals surface area contributed by atoms with E-state index in [-0.39, 0.29) is 5.91 Å². The Morgan fingerprint density at radius 3 is 3.00 bits per heavy atom. The number of primary amides is 1. The molecule has 3 N–H and O–H groups in total. The minimum absolute atomic E-state index is 0.344. The van der Waals surface area contributed by atoms with Crippen molar-refractivity contribution in [2.45, 2.75) is 19.4 Å². The molecule has 1 heterocycles. The van der Waals surface area contributed by atoms with Crippen molar-refractivity contribution in [2.75, 3.05) is 6.61 Å². The van der Waals surface area contributed by atoms with Gasteiger partial charge in [0.1, 0.15) is 11.8 Å². The van der Waals surface area contributed by atoms with Gasteiger partial charge in [0.15, 0.2) is 0 Å². The van der Waals surface area contributed by atoms with Crippen molar-refractivity contribution in [2.24, 2.45) is 5.73 Å². The summed E-state index contributed by atoms with van der Waals surface area (Å²) in [7, 11) is 0. The number of rotatable bonds is 4. The van der Waals surface area contributed by atoms with Crippen LogP contribution in [-0.4, -0.2) is 24.5 Å². The molecule has 1 unspecified atom stereocenters. The van der Waals surface area contributed by atoms with E-state index in [4.69, 9.17) is 10.5 Å². The van der Waals surface area contributed by atoms with Crippen LogP contribution in [0.25, 0.3) is 6.08 Å². The summed E-state index contributed by atoms with van der Waals surface area (Å²) in [5.74, 6) is 0.00318. The maximum Gasteiger partial charge on any atom is 0.244 e. The molecule has 0 aliphatic carbocycles. The lowest BCUT2D eigenvalue weighted by molar-refractivity contribution is -0.124. The normalized spacial score (nSPS) is 14.8. The van der Waals surface area contributed by atoms with Crippen LogP contribution in [0.2, 0.25) is 0 Å². The van der Waals surface area contributed by atoms with Crippen molar-refractivity contribution in [3.63, 3.8) is 0 Å². The number of nitrogens with two attached hydrogens (primary N) is 1. The van der Waals surface area contributed by atoms with E-state index in [1.54, 1.807) is 13.0 Å². The van der Waals surface area contributed by atoms with E-state index >= 15 is 0 Å². The first kappa shape index (κ1) is 13.1. The van der Waals surface area contributed by atoms with Crippen molar-refractivity contribution in [3.8, 4) is 5.75 Å². The van der Waals surface area contributed by atoms with Crippen LogP contribution in [0.5, 0.6) is 5.75 Å². The molecule has 1 atom stereocenters. The smallest absolute Gasteiger partial charge is 0.244 e. The standard InChI is InChI=1S/C14H16N2O3/c1-9(14(15)18)16-13(17)5-3-10-2-4-12-11(8-10)6-7-19-12/h2-5,8-9H,6-7H2,1H3,(H2,15,18)(H,16,17)/b5-3+. The van der Waals surface area contributed by atoms with Gasteiger partial charge >= 0.3 is 0 Å². The van der Waals surface area contributed by atoms with Crippen molar-refractivity contribution in [1.29, 1.82) is 0 Å². The molecule has 0 saturated carbocycles. The summed E-state index contributed by atoms with van der Waals surface area (Å²) in [6, 6.07) is 5.09. The topological polar surface area (TPSA) is 81.4 Å². The molecular weight excluding hydrogens is 244 g/mol. The quantitative estimate of drug-likeness (QED) is 0.779.